The van der Waals surface area contributed by atoms with Gasteiger partial charge < -0.3 is 9.47 Å². The molecule has 0 saturated carbocycles. The van der Waals surface area contributed by atoms with Gasteiger partial charge in [-0.25, -0.2) is 9.59 Å². The van der Waals surface area contributed by atoms with Gasteiger partial charge in [-0.1, -0.05) is 18.2 Å². The molecule has 0 N–H and O–H groups in total. The molecule has 1 fully saturated rings. The Labute approximate surface area is 92.5 Å². The van der Waals surface area contributed by atoms with E-state index in [1.807, 2.05) is 6.07 Å². The molecule has 0 spiro atoms. The number of benzene rings is 1. The third-order valence-electron chi connectivity index (χ3n) is 2.18. The van der Waals surface area contributed by atoms with Gasteiger partial charge in [-0.3, -0.25) is 0 Å². The minimum atomic E-state index is -0.479. The zero-order chi connectivity index (χ0) is 11.4. The molecule has 1 aromatic carbocycles. The van der Waals surface area contributed by atoms with Crippen LogP contribution >= 0.6 is 0 Å². The summed E-state index contributed by atoms with van der Waals surface area (Å²) >= 11 is 0. The van der Waals surface area contributed by atoms with E-state index in [0.29, 0.717) is 24.2 Å². The second-order valence-electron chi connectivity index (χ2n) is 3.30. The van der Waals surface area contributed by atoms with Crippen LogP contribution in [0.2, 0.25) is 0 Å². The Morgan fingerprint density at radius 3 is 2.69 bits per heavy atom. The van der Waals surface area contributed by atoms with Crippen LogP contribution in [0.5, 0.6) is 0 Å². The summed E-state index contributed by atoms with van der Waals surface area (Å²) in [4.78, 5) is 22.5. The number of carbonyl (C=O) groups is 2. The van der Waals surface area contributed by atoms with E-state index in [4.69, 9.17) is 9.47 Å². The molecular formula is C12H10O4. The van der Waals surface area contributed by atoms with Crippen LogP contribution in [-0.4, -0.2) is 18.5 Å². The quantitative estimate of drug-likeness (QED) is 0.430. The van der Waals surface area contributed by atoms with E-state index in [1.165, 1.54) is 6.26 Å². The fraction of sp³-hybridized carbons (Fsp3) is 0.167. The fourth-order valence-electron chi connectivity index (χ4n) is 1.32. The van der Waals surface area contributed by atoms with Gasteiger partial charge in [0, 0.05) is 6.42 Å². The molecule has 0 aromatic heterocycles. The number of rotatable bonds is 2. The molecule has 1 saturated heterocycles. The maximum Gasteiger partial charge on any atom is 0.342 e. The van der Waals surface area contributed by atoms with Gasteiger partial charge in [0.05, 0.1) is 17.7 Å². The van der Waals surface area contributed by atoms with E-state index >= 15 is 0 Å². The third-order valence-corrected chi connectivity index (χ3v) is 2.18. The Hall–Kier alpha value is -2.10. The third kappa shape index (κ3) is 2.28. The summed E-state index contributed by atoms with van der Waals surface area (Å²) in [7, 11) is 0. The predicted molar refractivity (Wildman–Crippen MR) is 55.5 cm³/mol. The van der Waals surface area contributed by atoms with Crippen LogP contribution in [-0.2, 0) is 14.3 Å². The van der Waals surface area contributed by atoms with Crippen LogP contribution < -0.4 is 0 Å². The minimum Gasteiger partial charge on any atom is -0.462 e. The van der Waals surface area contributed by atoms with E-state index in [-0.39, 0.29) is 0 Å². The molecule has 0 radical (unpaired) electrons. The molecule has 0 bridgehead atoms. The minimum absolute atomic E-state index is 0.355. The summed E-state index contributed by atoms with van der Waals surface area (Å²) in [5, 5.41) is 0. The highest BCUT2D eigenvalue weighted by atomic mass is 16.5. The zero-order valence-corrected chi connectivity index (χ0v) is 8.51. The van der Waals surface area contributed by atoms with Crippen LogP contribution in [0.4, 0.5) is 0 Å². The van der Waals surface area contributed by atoms with Crippen molar-refractivity contribution < 1.29 is 19.1 Å². The first-order chi connectivity index (χ1) is 7.77. The van der Waals surface area contributed by atoms with Crippen molar-refractivity contribution in [2.45, 2.75) is 6.42 Å². The van der Waals surface area contributed by atoms with Gasteiger partial charge in [0.15, 0.2) is 0 Å². The van der Waals surface area contributed by atoms with Gasteiger partial charge in [0.1, 0.15) is 6.26 Å². The maximum atomic E-state index is 11.5. The van der Waals surface area contributed by atoms with Gasteiger partial charge in [-0.15, -0.1) is 0 Å². The number of cyclic esters (lactones) is 1. The number of hydrogen-bond donors (Lipinski definition) is 0. The molecule has 4 nitrogen and oxygen atoms in total. The number of ether oxygens (including phenoxy) is 2. The van der Waals surface area contributed by atoms with E-state index < -0.39 is 11.9 Å². The number of hydrogen-bond acceptors (Lipinski definition) is 4. The average molecular weight is 218 g/mol. The first kappa shape index (κ1) is 10.4. The highest BCUT2D eigenvalue weighted by Gasteiger charge is 2.19. The summed E-state index contributed by atoms with van der Waals surface area (Å²) in [5.74, 6) is -0.895. The van der Waals surface area contributed by atoms with Gasteiger partial charge >= 0.3 is 11.9 Å². The Balaban J connectivity index is 2.01. The van der Waals surface area contributed by atoms with Crippen LogP contribution in [0, 0.1) is 0 Å². The smallest absolute Gasteiger partial charge is 0.342 e. The molecule has 1 aliphatic rings. The van der Waals surface area contributed by atoms with E-state index in [2.05, 4.69) is 0 Å². The van der Waals surface area contributed by atoms with Crippen LogP contribution in [0.3, 0.4) is 0 Å². The number of carbonyl (C=O) groups excluding carboxylic acids is 2. The lowest BCUT2D eigenvalue weighted by atomic mass is 10.2. The van der Waals surface area contributed by atoms with Crippen molar-refractivity contribution in [2.24, 2.45) is 0 Å². The average Bonchev–Trinajstić information content (AvgIpc) is 2.73. The summed E-state index contributed by atoms with van der Waals surface area (Å²) < 4.78 is 9.59. The van der Waals surface area contributed by atoms with Crippen molar-refractivity contribution in [3.63, 3.8) is 0 Å². The highest BCUT2D eigenvalue weighted by Crippen LogP contribution is 2.13. The summed E-state index contributed by atoms with van der Waals surface area (Å²) in [6.45, 7) is 0.355. The fourth-order valence-corrected chi connectivity index (χ4v) is 1.32. The predicted octanol–water partition coefficient (Wildman–Crippen LogP) is 1.67. The Bertz CT molecular complexity index is 434. The molecule has 2 rings (SSSR count). The van der Waals surface area contributed by atoms with Gasteiger partial charge in [-0.05, 0) is 12.1 Å². The Kier molecular flexibility index (Phi) is 3.00. The molecule has 1 aromatic rings. The van der Waals surface area contributed by atoms with Crippen molar-refractivity contribution in [3.8, 4) is 0 Å². The molecule has 4 heteroatoms. The lowest BCUT2D eigenvalue weighted by molar-refractivity contribution is -0.135. The van der Waals surface area contributed by atoms with Gasteiger partial charge in [-0.2, -0.15) is 0 Å². The molecule has 16 heavy (non-hydrogen) atoms. The molecule has 0 atom stereocenters. The Morgan fingerprint density at radius 1 is 1.31 bits per heavy atom. The lowest BCUT2D eigenvalue weighted by Gasteiger charge is -1.99. The van der Waals surface area contributed by atoms with Gasteiger partial charge in [0.2, 0.25) is 0 Å². The monoisotopic (exact) mass is 218 g/mol. The first-order valence-corrected chi connectivity index (χ1v) is 4.89. The lowest BCUT2D eigenvalue weighted by Crippen LogP contribution is -2.02. The summed E-state index contributed by atoms with van der Waals surface area (Å²) in [6.07, 6.45) is 1.66. The molecule has 0 amide bonds. The molecule has 0 aliphatic carbocycles. The second kappa shape index (κ2) is 4.61. The molecule has 0 unspecified atom stereocenters. The number of esters is 2. The van der Waals surface area contributed by atoms with Crippen molar-refractivity contribution in [2.75, 3.05) is 6.61 Å². The van der Waals surface area contributed by atoms with Crippen molar-refractivity contribution in [3.05, 3.63) is 47.7 Å². The molecule has 82 valence electrons. The van der Waals surface area contributed by atoms with Crippen molar-refractivity contribution in [1.29, 1.82) is 0 Å². The Morgan fingerprint density at radius 2 is 2.06 bits per heavy atom. The largest absolute Gasteiger partial charge is 0.462 e. The van der Waals surface area contributed by atoms with E-state index in [0.717, 1.165) is 0 Å². The SMILES string of the molecule is O=C1OCCC1=COC(=O)c1ccccc1. The topological polar surface area (TPSA) is 52.6 Å². The van der Waals surface area contributed by atoms with Crippen LogP contribution in [0.25, 0.3) is 0 Å². The molecule has 1 aliphatic heterocycles. The van der Waals surface area contributed by atoms with E-state index in [9.17, 15) is 9.59 Å². The van der Waals surface area contributed by atoms with Gasteiger partial charge in [0.25, 0.3) is 0 Å². The first-order valence-electron chi connectivity index (χ1n) is 4.89. The summed E-state index contributed by atoms with van der Waals surface area (Å²) in [6, 6.07) is 8.59. The normalized spacial score (nSPS) is 17.2. The molecular weight excluding hydrogens is 208 g/mol. The molecule has 1 heterocycles. The van der Waals surface area contributed by atoms with Crippen LogP contribution in [0.15, 0.2) is 42.2 Å². The maximum absolute atomic E-state index is 11.5. The highest BCUT2D eigenvalue weighted by molar-refractivity contribution is 5.92. The zero-order valence-electron chi connectivity index (χ0n) is 8.51. The van der Waals surface area contributed by atoms with Crippen LogP contribution in [0.1, 0.15) is 16.8 Å². The summed E-state index contributed by atoms with van der Waals surface area (Å²) in [5.41, 5.74) is 0.843. The van der Waals surface area contributed by atoms with Crippen molar-refractivity contribution >= 4 is 11.9 Å². The standard InChI is InChI=1S/C12H10O4/c13-11(9-4-2-1-3-5-9)16-8-10-6-7-15-12(10)14/h1-5,8H,6-7H2. The second-order valence-corrected chi connectivity index (χ2v) is 3.30. The van der Waals surface area contributed by atoms with E-state index in [1.54, 1.807) is 24.3 Å². The van der Waals surface area contributed by atoms with Crippen molar-refractivity contribution in [1.82, 2.24) is 0 Å².